The molecule has 2 N–H and O–H groups in total. The molecule has 0 bridgehead atoms. The van der Waals surface area contributed by atoms with Gasteiger partial charge in [-0.2, -0.15) is 4.84 Å². The summed E-state index contributed by atoms with van der Waals surface area (Å²) in [5, 5.41) is 0. The SMILES string of the molecule is CC(=O)O[n+]1ccccc1OC(N)=O. The number of hydrogen-bond acceptors (Lipinski definition) is 4. The van der Waals surface area contributed by atoms with E-state index in [1.165, 1.54) is 19.2 Å². The van der Waals surface area contributed by atoms with E-state index in [0.29, 0.717) is 0 Å². The Morgan fingerprint density at radius 3 is 2.71 bits per heavy atom. The number of ether oxygens (including phenoxy) is 1. The monoisotopic (exact) mass is 197 g/mol. The maximum atomic E-state index is 10.6. The van der Waals surface area contributed by atoms with E-state index in [0.717, 1.165) is 4.73 Å². The lowest BCUT2D eigenvalue weighted by atomic mass is 10.5. The average molecular weight is 197 g/mol. The highest BCUT2D eigenvalue weighted by atomic mass is 16.7. The molecule has 74 valence electrons. The Labute approximate surface area is 79.8 Å². The first-order chi connectivity index (χ1) is 6.59. The molecule has 0 saturated heterocycles. The Hall–Kier alpha value is -2.11. The van der Waals surface area contributed by atoms with Crippen LogP contribution in [0.5, 0.6) is 5.88 Å². The first kappa shape index (κ1) is 9.97. The van der Waals surface area contributed by atoms with Gasteiger partial charge in [0.2, 0.25) is 6.20 Å². The molecule has 1 aromatic rings. The van der Waals surface area contributed by atoms with Gasteiger partial charge in [-0.3, -0.25) is 0 Å². The molecule has 0 radical (unpaired) electrons. The van der Waals surface area contributed by atoms with Gasteiger partial charge in [0, 0.05) is 13.0 Å². The number of rotatable bonds is 2. The van der Waals surface area contributed by atoms with Crippen LogP contribution in [0, 0.1) is 0 Å². The van der Waals surface area contributed by atoms with E-state index in [1.54, 1.807) is 12.1 Å². The maximum Gasteiger partial charge on any atom is 0.426 e. The zero-order valence-corrected chi connectivity index (χ0v) is 7.47. The normalized spacial score (nSPS) is 9.21. The predicted molar refractivity (Wildman–Crippen MR) is 44.1 cm³/mol. The van der Waals surface area contributed by atoms with Crippen molar-refractivity contribution in [2.75, 3.05) is 0 Å². The zero-order valence-electron chi connectivity index (χ0n) is 7.47. The summed E-state index contributed by atoms with van der Waals surface area (Å²) < 4.78 is 5.58. The minimum atomic E-state index is -0.975. The second-order valence-corrected chi connectivity index (χ2v) is 2.37. The maximum absolute atomic E-state index is 10.6. The molecule has 0 aliphatic carbocycles. The summed E-state index contributed by atoms with van der Waals surface area (Å²) in [7, 11) is 0. The molecule has 1 amide bonds. The summed E-state index contributed by atoms with van der Waals surface area (Å²) in [6.07, 6.45) is 0.441. The molecule has 14 heavy (non-hydrogen) atoms. The number of nitrogens with zero attached hydrogens (tertiary/aromatic N) is 1. The van der Waals surface area contributed by atoms with Crippen molar-refractivity contribution in [2.24, 2.45) is 5.73 Å². The van der Waals surface area contributed by atoms with Crippen LogP contribution < -0.4 is 20.0 Å². The molecule has 1 aromatic heterocycles. The highest BCUT2D eigenvalue weighted by Crippen LogP contribution is 1.99. The van der Waals surface area contributed by atoms with Gasteiger partial charge in [-0.25, -0.2) is 9.59 Å². The fraction of sp³-hybridized carbons (Fsp3) is 0.125. The summed E-state index contributed by atoms with van der Waals surface area (Å²) in [5.41, 5.74) is 4.81. The second kappa shape index (κ2) is 4.22. The number of aromatic nitrogens is 1. The standard InChI is InChI=1S/C8H8N2O4/c1-6(11)14-10-5-3-2-4-7(10)13-8(9)12/h2-5H,1H3,(H-,9,12)/p+1. The van der Waals surface area contributed by atoms with E-state index in [1.807, 2.05) is 0 Å². The fourth-order valence-corrected chi connectivity index (χ4v) is 0.809. The van der Waals surface area contributed by atoms with E-state index < -0.39 is 12.1 Å². The van der Waals surface area contributed by atoms with Crippen molar-refractivity contribution in [3.63, 3.8) is 0 Å². The minimum Gasteiger partial charge on any atom is -0.351 e. The summed E-state index contributed by atoms with van der Waals surface area (Å²) in [6, 6.07) is 4.66. The molecule has 0 unspecified atom stereocenters. The third-order valence-electron chi connectivity index (χ3n) is 1.22. The molecule has 1 rings (SSSR count). The Morgan fingerprint density at radius 2 is 2.14 bits per heavy atom. The van der Waals surface area contributed by atoms with E-state index in [9.17, 15) is 9.59 Å². The van der Waals surface area contributed by atoms with E-state index in [4.69, 9.17) is 10.6 Å². The number of pyridine rings is 1. The van der Waals surface area contributed by atoms with Crippen LogP contribution in [0.4, 0.5) is 4.79 Å². The first-order valence-corrected chi connectivity index (χ1v) is 3.76. The van der Waals surface area contributed by atoms with Crippen LogP contribution in [-0.4, -0.2) is 12.1 Å². The molecule has 1 heterocycles. The Bertz CT molecular complexity index is 329. The molecule has 6 heteroatoms. The lowest BCUT2D eigenvalue weighted by Crippen LogP contribution is -2.46. The van der Waals surface area contributed by atoms with Gasteiger partial charge in [0.05, 0.1) is 10.8 Å². The topological polar surface area (TPSA) is 82.5 Å². The van der Waals surface area contributed by atoms with E-state index in [2.05, 4.69) is 4.74 Å². The Morgan fingerprint density at radius 1 is 1.43 bits per heavy atom. The van der Waals surface area contributed by atoms with Gasteiger partial charge in [0.25, 0.3) is 0 Å². The molecule has 0 aliphatic heterocycles. The molecule has 0 atom stereocenters. The average Bonchev–Trinajstić information content (AvgIpc) is 2.06. The smallest absolute Gasteiger partial charge is 0.351 e. The van der Waals surface area contributed by atoms with Gasteiger partial charge >= 0.3 is 17.9 Å². The minimum absolute atomic E-state index is 0.0372. The van der Waals surface area contributed by atoms with E-state index in [-0.39, 0.29) is 5.88 Å². The summed E-state index contributed by atoms with van der Waals surface area (Å²) in [4.78, 5) is 25.8. The summed E-state index contributed by atoms with van der Waals surface area (Å²) in [5.74, 6) is -0.495. The van der Waals surface area contributed by atoms with Crippen molar-refractivity contribution < 1.29 is 23.9 Å². The van der Waals surface area contributed by atoms with Crippen LogP contribution in [0.15, 0.2) is 24.4 Å². The van der Waals surface area contributed by atoms with Crippen LogP contribution in [0.1, 0.15) is 6.92 Å². The van der Waals surface area contributed by atoms with Gasteiger partial charge in [-0.15, -0.1) is 0 Å². The summed E-state index contributed by atoms with van der Waals surface area (Å²) in [6.45, 7) is 1.23. The van der Waals surface area contributed by atoms with Crippen molar-refractivity contribution in [3.8, 4) is 5.88 Å². The molecular weight excluding hydrogens is 188 g/mol. The molecule has 0 aromatic carbocycles. The molecule has 0 fully saturated rings. The fourth-order valence-electron chi connectivity index (χ4n) is 0.809. The Balaban J connectivity index is 2.90. The van der Waals surface area contributed by atoms with Gasteiger partial charge in [0.1, 0.15) is 0 Å². The summed E-state index contributed by atoms with van der Waals surface area (Å²) >= 11 is 0. The lowest BCUT2D eigenvalue weighted by Gasteiger charge is -1.97. The van der Waals surface area contributed by atoms with Gasteiger partial charge < -0.3 is 10.5 Å². The molecule has 0 aliphatic rings. The number of carbonyl (C=O) groups is 2. The molecular formula is C8H9N2O4+. The predicted octanol–water partition coefficient (Wildman–Crippen LogP) is -0.593. The molecule has 6 nitrogen and oxygen atoms in total. The van der Waals surface area contributed by atoms with Gasteiger partial charge in [-0.05, 0) is 6.07 Å². The van der Waals surface area contributed by atoms with Crippen LogP contribution in [-0.2, 0) is 4.79 Å². The number of amides is 1. The number of nitrogens with two attached hydrogens (primary N) is 1. The largest absolute Gasteiger partial charge is 0.426 e. The number of carbonyl (C=O) groups excluding carboxylic acids is 2. The Kier molecular flexibility index (Phi) is 3.01. The number of primary amides is 1. The van der Waals surface area contributed by atoms with Crippen molar-refractivity contribution in [2.45, 2.75) is 6.92 Å². The highest BCUT2D eigenvalue weighted by Gasteiger charge is 2.17. The van der Waals surface area contributed by atoms with Crippen LogP contribution in [0.2, 0.25) is 0 Å². The van der Waals surface area contributed by atoms with Crippen molar-refractivity contribution in [3.05, 3.63) is 24.4 Å². The van der Waals surface area contributed by atoms with Crippen molar-refractivity contribution in [1.82, 2.24) is 0 Å². The van der Waals surface area contributed by atoms with Crippen LogP contribution >= 0.6 is 0 Å². The lowest BCUT2D eigenvalue weighted by molar-refractivity contribution is -0.870. The zero-order chi connectivity index (χ0) is 10.6. The van der Waals surface area contributed by atoms with Gasteiger partial charge in [0.15, 0.2) is 0 Å². The molecule has 0 spiro atoms. The third kappa shape index (κ3) is 2.74. The van der Waals surface area contributed by atoms with Crippen molar-refractivity contribution >= 4 is 12.1 Å². The third-order valence-corrected chi connectivity index (χ3v) is 1.22. The van der Waals surface area contributed by atoms with Gasteiger partial charge in [-0.1, -0.05) is 0 Å². The number of hydrogen-bond donors (Lipinski definition) is 1. The quantitative estimate of drug-likeness (QED) is 0.642. The second-order valence-electron chi connectivity index (χ2n) is 2.37. The van der Waals surface area contributed by atoms with Crippen LogP contribution in [0.3, 0.4) is 0 Å². The van der Waals surface area contributed by atoms with Crippen molar-refractivity contribution in [1.29, 1.82) is 0 Å². The van der Waals surface area contributed by atoms with Crippen LogP contribution in [0.25, 0.3) is 0 Å². The van der Waals surface area contributed by atoms with E-state index >= 15 is 0 Å². The first-order valence-electron chi connectivity index (χ1n) is 3.76. The molecule has 0 saturated carbocycles. The highest BCUT2D eigenvalue weighted by molar-refractivity contribution is 5.67.